The molecule has 6 N–H and O–H groups in total. The smallest absolute Gasteiger partial charge is 0.744 e. The molecule has 0 heterocycles. The van der Waals surface area contributed by atoms with Gasteiger partial charge in [-0.2, -0.15) is 0 Å². The molecule has 10 nitrogen and oxygen atoms in total. The zero-order valence-corrected chi connectivity index (χ0v) is 23.7. The van der Waals surface area contributed by atoms with Crippen LogP contribution in [0.25, 0.3) is 21.5 Å². The Morgan fingerprint density at radius 1 is 0.588 bits per heavy atom. The van der Waals surface area contributed by atoms with Gasteiger partial charge < -0.3 is 30.8 Å². The van der Waals surface area contributed by atoms with Gasteiger partial charge in [0.15, 0.2) is 0 Å². The molecule has 0 atom stereocenters. The number of phenols is 2. The van der Waals surface area contributed by atoms with Crippen LogP contribution in [0.2, 0.25) is 0 Å². The molecule has 0 saturated carbocycles. The molecule has 0 saturated heterocycles. The van der Waals surface area contributed by atoms with Crippen LogP contribution in [0.3, 0.4) is 0 Å². The van der Waals surface area contributed by atoms with Crippen LogP contribution in [-0.2, 0) is 20.2 Å². The summed E-state index contributed by atoms with van der Waals surface area (Å²) in [5, 5.41) is 20.9. The van der Waals surface area contributed by atoms with E-state index >= 15 is 0 Å². The molecular formula is C20H16N2Na2O8S2. The molecule has 0 unspecified atom stereocenters. The van der Waals surface area contributed by atoms with Crippen LogP contribution in [0, 0.1) is 0 Å². The molecule has 0 fully saturated rings. The van der Waals surface area contributed by atoms with E-state index in [1.165, 1.54) is 24.3 Å². The number of hydrogen-bond donors (Lipinski definition) is 4. The Morgan fingerprint density at radius 2 is 0.912 bits per heavy atom. The molecule has 0 aliphatic carbocycles. The van der Waals surface area contributed by atoms with E-state index in [0.717, 1.165) is 12.1 Å². The number of phenolic OH excluding ortho intramolecular Hbond substituents is 2. The van der Waals surface area contributed by atoms with E-state index in [2.05, 4.69) is 0 Å². The first kappa shape index (κ1) is 30.5. The molecular weight excluding hydrogens is 506 g/mol. The van der Waals surface area contributed by atoms with Crippen molar-refractivity contribution in [1.29, 1.82) is 0 Å². The Labute approximate surface area is 239 Å². The van der Waals surface area contributed by atoms with Crippen molar-refractivity contribution in [1.82, 2.24) is 0 Å². The molecule has 0 bridgehead atoms. The Morgan fingerprint density at radius 3 is 1.21 bits per heavy atom. The minimum Gasteiger partial charge on any atom is -0.744 e. The number of aromatic hydroxyl groups is 2. The molecule has 0 radical (unpaired) electrons. The molecule has 14 heteroatoms. The Bertz CT molecular complexity index is 1460. The maximum atomic E-state index is 10.8. The van der Waals surface area contributed by atoms with Crippen molar-refractivity contribution in [2.24, 2.45) is 0 Å². The fraction of sp³-hybridized carbons (Fsp3) is 0. The molecule has 0 aromatic heterocycles. The summed E-state index contributed by atoms with van der Waals surface area (Å²) in [5.41, 5.74) is 11.9. The predicted molar refractivity (Wildman–Crippen MR) is 116 cm³/mol. The first-order chi connectivity index (χ1) is 14.8. The van der Waals surface area contributed by atoms with Crippen molar-refractivity contribution >= 4 is 53.2 Å². The van der Waals surface area contributed by atoms with E-state index in [1.54, 1.807) is 24.3 Å². The third-order valence-electron chi connectivity index (χ3n) is 4.44. The molecule has 4 rings (SSSR count). The van der Waals surface area contributed by atoms with Gasteiger partial charge in [-0.1, -0.05) is 12.1 Å². The molecule has 4 aromatic rings. The summed E-state index contributed by atoms with van der Waals surface area (Å²) in [6.45, 7) is 0. The fourth-order valence-electron chi connectivity index (χ4n) is 2.95. The molecule has 4 aromatic carbocycles. The Balaban J connectivity index is 0.000000321. The van der Waals surface area contributed by atoms with Crippen molar-refractivity contribution in [2.45, 2.75) is 9.79 Å². The summed E-state index contributed by atoms with van der Waals surface area (Å²) in [6.07, 6.45) is 0. The molecule has 0 spiro atoms. The van der Waals surface area contributed by atoms with Gasteiger partial charge in [0.2, 0.25) is 0 Å². The van der Waals surface area contributed by atoms with Gasteiger partial charge in [-0.05, 0) is 59.3 Å². The Kier molecular flexibility index (Phi) is 10.2. The molecule has 168 valence electrons. The van der Waals surface area contributed by atoms with Crippen LogP contribution >= 0.6 is 0 Å². The number of hydrogen-bond acceptors (Lipinski definition) is 10. The van der Waals surface area contributed by atoms with E-state index in [4.69, 9.17) is 11.5 Å². The Hall–Kier alpha value is -1.58. The van der Waals surface area contributed by atoms with Crippen LogP contribution in [0.1, 0.15) is 0 Å². The maximum absolute atomic E-state index is 10.8. The van der Waals surface area contributed by atoms with E-state index in [1.807, 2.05) is 0 Å². The average Bonchev–Trinajstić information content (AvgIpc) is 2.68. The van der Waals surface area contributed by atoms with Gasteiger partial charge >= 0.3 is 59.1 Å². The van der Waals surface area contributed by atoms with Gasteiger partial charge in [-0.25, -0.2) is 16.8 Å². The van der Waals surface area contributed by atoms with Gasteiger partial charge in [0.05, 0.1) is 9.79 Å². The minimum atomic E-state index is -4.57. The van der Waals surface area contributed by atoms with Gasteiger partial charge in [-0.3, -0.25) is 0 Å². The summed E-state index contributed by atoms with van der Waals surface area (Å²) in [6, 6.07) is 13.5. The predicted octanol–water partition coefficient (Wildman–Crippen LogP) is -3.93. The monoisotopic (exact) mass is 522 g/mol. The first-order valence-electron chi connectivity index (χ1n) is 8.72. The van der Waals surface area contributed by atoms with E-state index < -0.39 is 30.0 Å². The third-order valence-corrected chi connectivity index (χ3v) is 6.06. The molecule has 0 aliphatic rings. The van der Waals surface area contributed by atoms with Crippen LogP contribution in [0.15, 0.2) is 70.5 Å². The summed E-state index contributed by atoms with van der Waals surface area (Å²) in [4.78, 5) is -0.912. The van der Waals surface area contributed by atoms with Crippen LogP contribution in [0.5, 0.6) is 11.5 Å². The normalized spacial score (nSPS) is 11.1. The van der Waals surface area contributed by atoms with Gasteiger partial charge in [0, 0.05) is 22.1 Å². The topological polar surface area (TPSA) is 207 Å². The molecule has 34 heavy (non-hydrogen) atoms. The SMILES string of the molecule is Nc1ccc2cc(S(=O)(=O)[O-])cc(O)c2c1.Nc1ccc2cc(S(=O)(=O)[O-])cc(O)c2c1.[Na+].[Na+]. The largest absolute Gasteiger partial charge is 1.00 e. The van der Waals surface area contributed by atoms with Gasteiger partial charge in [0.25, 0.3) is 0 Å². The maximum Gasteiger partial charge on any atom is 1.00 e. The van der Waals surface area contributed by atoms with Gasteiger partial charge in [-0.15, -0.1) is 0 Å². The first-order valence-corrected chi connectivity index (χ1v) is 11.5. The summed E-state index contributed by atoms with van der Waals surface area (Å²) in [7, 11) is -9.14. The van der Waals surface area contributed by atoms with Crippen LogP contribution < -0.4 is 70.6 Å². The minimum absolute atomic E-state index is 0. The van der Waals surface area contributed by atoms with Crippen molar-refractivity contribution in [3.05, 3.63) is 60.7 Å². The van der Waals surface area contributed by atoms with Crippen LogP contribution in [-0.4, -0.2) is 36.2 Å². The second-order valence-electron chi connectivity index (χ2n) is 6.75. The quantitative estimate of drug-likeness (QED) is 0.114. The summed E-state index contributed by atoms with van der Waals surface area (Å²) >= 11 is 0. The molecule has 0 amide bonds. The summed E-state index contributed by atoms with van der Waals surface area (Å²) < 4.78 is 64.8. The van der Waals surface area contributed by atoms with Crippen molar-refractivity contribution < 1.29 is 95.3 Å². The number of fused-ring (bicyclic) bond motifs is 2. The average molecular weight is 522 g/mol. The van der Waals surface area contributed by atoms with E-state index in [-0.39, 0.29) is 70.6 Å². The van der Waals surface area contributed by atoms with Crippen molar-refractivity contribution in [3.63, 3.8) is 0 Å². The van der Waals surface area contributed by atoms with Crippen molar-refractivity contribution in [2.75, 3.05) is 11.5 Å². The molecule has 0 aliphatic heterocycles. The fourth-order valence-corrected chi connectivity index (χ4v) is 4.00. The van der Waals surface area contributed by atoms with E-state index in [0.29, 0.717) is 32.9 Å². The van der Waals surface area contributed by atoms with Gasteiger partial charge in [0.1, 0.15) is 31.7 Å². The number of anilines is 2. The van der Waals surface area contributed by atoms with E-state index in [9.17, 15) is 36.2 Å². The number of nitrogen functional groups attached to an aromatic ring is 2. The second kappa shape index (κ2) is 11.4. The standard InChI is InChI=1S/2C10H9NO4S.2Na/c2*11-7-2-1-6-3-8(16(13,14)15)5-10(12)9(6)4-7;;/h2*1-5,12H,11H2,(H,13,14,15);;/q;;2*+1/p-2. The third kappa shape index (κ3) is 7.21. The zero-order valence-electron chi connectivity index (χ0n) is 18.1. The summed E-state index contributed by atoms with van der Waals surface area (Å²) in [5.74, 6) is -0.557. The van der Waals surface area contributed by atoms with Crippen LogP contribution in [0.4, 0.5) is 11.4 Å². The number of nitrogens with two attached hydrogens (primary N) is 2. The number of rotatable bonds is 2. The number of benzene rings is 4. The second-order valence-corrected chi connectivity index (χ2v) is 9.51. The zero-order chi connectivity index (χ0) is 23.8. The van der Waals surface area contributed by atoms with Crippen molar-refractivity contribution in [3.8, 4) is 11.5 Å².